The highest BCUT2D eigenvalue weighted by Gasteiger charge is 2.09. The van der Waals surface area contributed by atoms with Crippen LogP contribution < -0.4 is 10.6 Å². The zero-order valence-corrected chi connectivity index (χ0v) is 14.6. The van der Waals surface area contributed by atoms with Crippen LogP contribution in [0.15, 0.2) is 36.5 Å². The number of aromatic nitrogens is 1. The minimum atomic E-state index is -0.282. The minimum absolute atomic E-state index is 0.282. The molecule has 0 spiro atoms. The van der Waals surface area contributed by atoms with Gasteiger partial charge in [0.15, 0.2) is 0 Å². The molecule has 2 aromatic rings. The normalized spacial score (nSPS) is 10.7. The summed E-state index contributed by atoms with van der Waals surface area (Å²) in [5.41, 5.74) is 0.929. The van der Waals surface area contributed by atoms with E-state index in [4.69, 9.17) is 23.2 Å². The van der Waals surface area contributed by atoms with Crippen molar-refractivity contribution in [3.63, 3.8) is 0 Å². The van der Waals surface area contributed by atoms with Crippen LogP contribution in [0.3, 0.4) is 0 Å². The lowest BCUT2D eigenvalue weighted by molar-refractivity contribution is 0.102. The van der Waals surface area contributed by atoms with Gasteiger partial charge < -0.3 is 10.6 Å². The topological polar surface area (TPSA) is 54.0 Å². The van der Waals surface area contributed by atoms with Crippen molar-refractivity contribution in [1.29, 1.82) is 0 Å². The molecule has 0 radical (unpaired) electrons. The van der Waals surface area contributed by atoms with Crippen LogP contribution in [0.1, 0.15) is 30.6 Å². The third-order valence-electron chi connectivity index (χ3n) is 3.23. The van der Waals surface area contributed by atoms with E-state index in [2.05, 4.69) is 29.5 Å². The maximum atomic E-state index is 12.2. The summed E-state index contributed by atoms with van der Waals surface area (Å²) < 4.78 is 0. The number of nitrogens with zero attached hydrogens (tertiary/aromatic N) is 1. The molecule has 1 aromatic carbocycles. The van der Waals surface area contributed by atoms with Gasteiger partial charge in [-0.1, -0.05) is 37.0 Å². The second kappa shape index (κ2) is 8.18. The molecule has 2 N–H and O–H groups in total. The summed E-state index contributed by atoms with van der Waals surface area (Å²) in [6, 6.07) is 8.42. The van der Waals surface area contributed by atoms with E-state index in [0.717, 1.165) is 18.8 Å². The molecule has 1 amide bonds. The second-order valence-electron chi connectivity index (χ2n) is 5.62. The fraction of sp³-hybridized carbons (Fsp3) is 0.294. The summed E-state index contributed by atoms with van der Waals surface area (Å²) in [5.74, 6) is 1.10. The van der Waals surface area contributed by atoms with Crippen molar-refractivity contribution in [2.24, 2.45) is 5.92 Å². The van der Waals surface area contributed by atoms with Crippen LogP contribution in [0.5, 0.6) is 0 Å². The van der Waals surface area contributed by atoms with E-state index in [1.165, 1.54) is 6.20 Å². The van der Waals surface area contributed by atoms with Crippen molar-refractivity contribution < 1.29 is 4.79 Å². The van der Waals surface area contributed by atoms with Crippen molar-refractivity contribution in [3.8, 4) is 0 Å². The van der Waals surface area contributed by atoms with Crippen LogP contribution in [0.4, 0.5) is 11.5 Å². The number of amides is 1. The van der Waals surface area contributed by atoms with Gasteiger partial charge in [0.25, 0.3) is 5.91 Å². The van der Waals surface area contributed by atoms with Gasteiger partial charge >= 0.3 is 0 Å². The first-order valence-corrected chi connectivity index (χ1v) is 8.17. The van der Waals surface area contributed by atoms with Gasteiger partial charge in [-0.2, -0.15) is 0 Å². The van der Waals surface area contributed by atoms with Crippen molar-refractivity contribution >= 4 is 40.6 Å². The fourth-order valence-corrected chi connectivity index (χ4v) is 2.25. The molecule has 6 heteroatoms. The van der Waals surface area contributed by atoms with Gasteiger partial charge in [0.1, 0.15) is 5.82 Å². The summed E-state index contributed by atoms with van der Waals surface area (Å²) in [7, 11) is 0. The first-order valence-electron chi connectivity index (χ1n) is 7.42. The number of halogens is 2. The van der Waals surface area contributed by atoms with Gasteiger partial charge in [0, 0.05) is 17.8 Å². The zero-order chi connectivity index (χ0) is 16.8. The van der Waals surface area contributed by atoms with Crippen molar-refractivity contribution in [1.82, 2.24) is 4.98 Å². The lowest BCUT2D eigenvalue weighted by Gasteiger charge is -2.09. The standard InChI is InChI=1S/C17H19Cl2N3O/c1-11(2)7-8-20-16-6-3-12(10-21-16)17(23)22-15-9-13(18)4-5-14(15)19/h3-6,9-11H,7-8H2,1-2H3,(H,20,21)(H,22,23). The Hall–Kier alpha value is -1.78. The molecular weight excluding hydrogens is 333 g/mol. The first-order chi connectivity index (χ1) is 11.0. The highest BCUT2D eigenvalue weighted by molar-refractivity contribution is 6.35. The molecule has 0 saturated heterocycles. The van der Waals surface area contributed by atoms with Crippen LogP contribution in [0, 0.1) is 5.92 Å². The summed E-state index contributed by atoms with van der Waals surface area (Å²) in [4.78, 5) is 16.5. The van der Waals surface area contributed by atoms with E-state index in [0.29, 0.717) is 27.2 Å². The molecule has 0 aliphatic rings. The Kier molecular flexibility index (Phi) is 6.25. The Morgan fingerprint density at radius 1 is 1.22 bits per heavy atom. The number of hydrogen-bond donors (Lipinski definition) is 2. The lowest BCUT2D eigenvalue weighted by atomic mass is 10.1. The van der Waals surface area contributed by atoms with Crippen LogP contribution in [0.25, 0.3) is 0 Å². The molecule has 0 aliphatic heterocycles. The van der Waals surface area contributed by atoms with E-state index >= 15 is 0 Å². The van der Waals surface area contributed by atoms with Gasteiger partial charge in [-0.15, -0.1) is 0 Å². The molecule has 0 bridgehead atoms. The number of rotatable bonds is 6. The number of carbonyl (C=O) groups is 1. The highest BCUT2D eigenvalue weighted by Crippen LogP contribution is 2.25. The Labute approximate surface area is 146 Å². The van der Waals surface area contributed by atoms with Crippen LogP contribution in [-0.2, 0) is 0 Å². The molecule has 0 aliphatic carbocycles. The molecule has 0 fully saturated rings. The Balaban J connectivity index is 1.98. The molecule has 0 unspecified atom stereocenters. The van der Waals surface area contributed by atoms with Gasteiger partial charge in [-0.05, 0) is 42.7 Å². The van der Waals surface area contributed by atoms with E-state index in [-0.39, 0.29) is 5.91 Å². The van der Waals surface area contributed by atoms with E-state index in [1.54, 1.807) is 30.3 Å². The molecular formula is C17H19Cl2N3O. The van der Waals surface area contributed by atoms with Gasteiger partial charge in [-0.3, -0.25) is 4.79 Å². The van der Waals surface area contributed by atoms with E-state index in [9.17, 15) is 4.79 Å². The maximum Gasteiger partial charge on any atom is 0.257 e. The van der Waals surface area contributed by atoms with Crippen molar-refractivity contribution in [3.05, 3.63) is 52.1 Å². The third-order valence-corrected chi connectivity index (χ3v) is 3.79. The second-order valence-corrected chi connectivity index (χ2v) is 6.46. The van der Waals surface area contributed by atoms with Gasteiger partial charge in [0.2, 0.25) is 0 Å². The molecule has 122 valence electrons. The lowest BCUT2D eigenvalue weighted by Crippen LogP contribution is -2.13. The highest BCUT2D eigenvalue weighted by atomic mass is 35.5. The summed E-state index contributed by atoms with van der Waals surface area (Å²) in [6.07, 6.45) is 2.60. The van der Waals surface area contributed by atoms with Gasteiger partial charge in [0.05, 0.1) is 16.3 Å². The molecule has 1 aromatic heterocycles. The van der Waals surface area contributed by atoms with E-state index < -0.39 is 0 Å². The Morgan fingerprint density at radius 3 is 2.65 bits per heavy atom. The summed E-state index contributed by atoms with van der Waals surface area (Å²) in [5, 5.41) is 6.90. The predicted molar refractivity (Wildman–Crippen MR) is 96.6 cm³/mol. The zero-order valence-electron chi connectivity index (χ0n) is 13.1. The Bertz CT molecular complexity index is 672. The molecule has 23 heavy (non-hydrogen) atoms. The monoisotopic (exact) mass is 351 g/mol. The maximum absolute atomic E-state index is 12.2. The SMILES string of the molecule is CC(C)CCNc1ccc(C(=O)Nc2cc(Cl)ccc2Cl)cn1. The summed E-state index contributed by atoms with van der Waals surface area (Å²) in [6.45, 7) is 5.20. The Morgan fingerprint density at radius 2 is 2.00 bits per heavy atom. The molecule has 0 atom stereocenters. The number of nitrogens with one attached hydrogen (secondary N) is 2. The average Bonchev–Trinajstić information content (AvgIpc) is 2.51. The molecule has 2 rings (SSSR count). The summed E-state index contributed by atoms with van der Waals surface area (Å²) >= 11 is 11.9. The molecule has 0 saturated carbocycles. The van der Waals surface area contributed by atoms with Crippen molar-refractivity contribution in [2.75, 3.05) is 17.2 Å². The predicted octanol–water partition coefficient (Wildman–Crippen LogP) is 5.10. The van der Waals surface area contributed by atoms with Crippen LogP contribution in [-0.4, -0.2) is 17.4 Å². The number of anilines is 2. The third kappa shape index (κ3) is 5.41. The minimum Gasteiger partial charge on any atom is -0.370 e. The van der Waals surface area contributed by atoms with E-state index in [1.807, 2.05) is 0 Å². The molecule has 4 nitrogen and oxygen atoms in total. The number of pyridine rings is 1. The van der Waals surface area contributed by atoms with Crippen LogP contribution >= 0.6 is 23.2 Å². The smallest absolute Gasteiger partial charge is 0.257 e. The number of benzene rings is 1. The quantitative estimate of drug-likeness (QED) is 0.761. The molecule has 1 heterocycles. The van der Waals surface area contributed by atoms with Gasteiger partial charge in [-0.25, -0.2) is 4.98 Å². The van der Waals surface area contributed by atoms with Crippen molar-refractivity contribution in [2.45, 2.75) is 20.3 Å². The number of carbonyl (C=O) groups excluding carboxylic acids is 1. The number of hydrogen-bond acceptors (Lipinski definition) is 3. The largest absolute Gasteiger partial charge is 0.370 e. The van der Waals surface area contributed by atoms with Crippen LogP contribution in [0.2, 0.25) is 10.0 Å². The average molecular weight is 352 g/mol. The fourth-order valence-electron chi connectivity index (χ4n) is 1.91. The first kappa shape index (κ1) is 17.6.